The number of benzene rings is 1. The normalized spacial score (nSPS) is 14.0. The quantitative estimate of drug-likeness (QED) is 0.663. The molecule has 0 aliphatic rings. The van der Waals surface area contributed by atoms with Crippen molar-refractivity contribution >= 4 is 24.7 Å². The molecule has 1 aromatic carbocycles. The van der Waals surface area contributed by atoms with Crippen LogP contribution in [0.5, 0.6) is 0 Å². The topological polar surface area (TPSA) is 64.6 Å². The summed E-state index contributed by atoms with van der Waals surface area (Å²) in [4.78, 5) is 23.7. The molecule has 1 rings (SSSR count). The van der Waals surface area contributed by atoms with E-state index in [1.54, 1.807) is 20.8 Å². The summed E-state index contributed by atoms with van der Waals surface area (Å²) in [5, 5.41) is 1.97. The number of thiol groups is 1. The summed E-state index contributed by atoms with van der Waals surface area (Å²) in [7, 11) is 1.26. The van der Waals surface area contributed by atoms with E-state index in [1.165, 1.54) is 7.11 Å². The zero-order valence-corrected chi connectivity index (χ0v) is 13.5. The minimum atomic E-state index is -0.935. The highest BCUT2D eigenvalue weighted by atomic mass is 32.1. The zero-order valence-electron chi connectivity index (χ0n) is 12.6. The van der Waals surface area contributed by atoms with Gasteiger partial charge in [-0.05, 0) is 26.3 Å². The summed E-state index contributed by atoms with van der Waals surface area (Å²) in [5.41, 5.74) is 0.149. The van der Waals surface area contributed by atoms with Gasteiger partial charge in [0.2, 0.25) is 0 Å². The molecule has 0 radical (unpaired) electrons. The van der Waals surface area contributed by atoms with E-state index in [0.29, 0.717) is 0 Å². The Morgan fingerprint density at radius 1 is 1.19 bits per heavy atom. The van der Waals surface area contributed by atoms with E-state index < -0.39 is 29.0 Å². The second-order valence-electron chi connectivity index (χ2n) is 5.50. The molecule has 0 heterocycles. The predicted octanol–water partition coefficient (Wildman–Crippen LogP) is 2.72. The number of amides is 1. The van der Waals surface area contributed by atoms with Crippen LogP contribution in [0.1, 0.15) is 31.6 Å². The summed E-state index contributed by atoms with van der Waals surface area (Å²) in [6.07, 6.45) is -0.687. The Morgan fingerprint density at radius 2 is 1.76 bits per heavy atom. The van der Waals surface area contributed by atoms with Gasteiger partial charge in [-0.3, -0.25) is 0 Å². The molecule has 0 bridgehead atoms. The lowest BCUT2D eigenvalue weighted by atomic mass is 10.1. The number of hydrogen-bond acceptors (Lipinski definition) is 5. The Morgan fingerprint density at radius 3 is 2.24 bits per heavy atom. The number of methoxy groups -OCH3 is 1. The molecule has 116 valence electrons. The molecule has 0 fully saturated rings. The standard InChI is InChI=1S/C15H21NO4S/c1-15(2,3)20-14(18)16-11(13(17)19-4)12(21)10-8-6-5-7-9-10/h5-9,11-12,21H,1-4H3,(H,16,18)/t11-,12-/m0/s1. The van der Waals surface area contributed by atoms with Crippen LogP contribution >= 0.6 is 12.6 Å². The van der Waals surface area contributed by atoms with Crippen molar-refractivity contribution in [1.82, 2.24) is 5.32 Å². The molecular formula is C15H21NO4S. The minimum absolute atomic E-state index is 0.536. The fraction of sp³-hybridized carbons (Fsp3) is 0.467. The van der Waals surface area contributed by atoms with Crippen molar-refractivity contribution in [3.8, 4) is 0 Å². The Hall–Kier alpha value is -1.69. The number of rotatable bonds is 4. The molecule has 0 spiro atoms. The monoisotopic (exact) mass is 311 g/mol. The van der Waals surface area contributed by atoms with E-state index in [0.717, 1.165) is 5.56 Å². The van der Waals surface area contributed by atoms with Crippen LogP contribution in [0.3, 0.4) is 0 Å². The zero-order chi connectivity index (χ0) is 16.0. The smallest absolute Gasteiger partial charge is 0.408 e. The second-order valence-corrected chi connectivity index (χ2v) is 6.06. The molecule has 0 aliphatic heterocycles. The van der Waals surface area contributed by atoms with Gasteiger partial charge in [-0.2, -0.15) is 12.6 Å². The number of carbonyl (C=O) groups is 2. The predicted molar refractivity (Wildman–Crippen MR) is 83.3 cm³/mol. The summed E-state index contributed by atoms with van der Waals surface area (Å²) >= 11 is 4.42. The van der Waals surface area contributed by atoms with E-state index in [9.17, 15) is 9.59 Å². The number of esters is 1. The Balaban J connectivity index is 2.86. The molecular weight excluding hydrogens is 290 g/mol. The van der Waals surface area contributed by atoms with Crippen LogP contribution in [-0.4, -0.2) is 30.8 Å². The van der Waals surface area contributed by atoms with E-state index in [1.807, 2.05) is 30.3 Å². The maximum absolute atomic E-state index is 11.9. The molecule has 0 saturated heterocycles. The molecule has 5 nitrogen and oxygen atoms in total. The van der Waals surface area contributed by atoms with Gasteiger partial charge in [0.05, 0.1) is 12.4 Å². The second kappa shape index (κ2) is 7.36. The first kappa shape index (κ1) is 17.4. The third kappa shape index (κ3) is 5.67. The van der Waals surface area contributed by atoms with Crippen molar-refractivity contribution in [2.24, 2.45) is 0 Å². The van der Waals surface area contributed by atoms with Gasteiger partial charge in [0, 0.05) is 0 Å². The van der Waals surface area contributed by atoms with Crippen molar-refractivity contribution in [1.29, 1.82) is 0 Å². The number of ether oxygens (including phenoxy) is 2. The van der Waals surface area contributed by atoms with Gasteiger partial charge < -0.3 is 14.8 Å². The van der Waals surface area contributed by atoms with Crippen molar-refractivity contribution < 1.29 is 19.1 Å². The van der Waals surface area contributed by atoms with Crippen LogP contribution in [0, 0.1) is 0 Å². The lowest BCUT2D eigenvalue weighted by molar-refractivity contribution is -0.143. The molecule has 21 heavy (non-hydrogen) atoms. The van der Waals surface area contributed by atoms with Crippen molar-refractivity contribution in [3.63, 3.8) is 0 Å². The minimum Gasteiger partial charge on any atom is -0.467 e. The summed E-state index contributed by atoms with van der Waals surface area (Å²) in [5.74, 6) is -0.579. The fourth-order valence-electron chi connectivity index (χ4n) is 1.67. The van der Waals surface area contributed by atoms with Gasteiger partial charge in [0.15, 0.2) is 0 Å². The number of hydrogen-bond donors (Lipinski definition) is 2. The van der Waals surface area contributed by atoms with E-state index in [2.05, 4.69) is 17.9 Å². The van der Waals surface area contributed by atoms with Gasteiger partial charge in [0.25, 0.3) is 0 Å². The summed E-state index contributed by atoms with van der Waals surface area (Å²) in [6, 6.07) is 8.24. The van der Waals surface area contributed by atoms with Gasteiger partial charge in [0.1, 0.15) is 11.6 Å². The lowest BCUT2D eigenvalue weighted by Gasteiger charge is -2.25. The highest BCUT2D eigenvalue weighted by Gasteiger charge is 2.31. The van der Waals surface area contributed by atoms with Crippen LogP contribution in [0.4, 0.5) is 4.79 Å². The Kier molecular flexibility index (Phi) is 6.08. The van der Waals surface area contributed by atoms with Crippen LogP contribution in [0.15, 0.2) is 30.3 Å². The van der Waals surface area contributed by atoms with Gasteiger partial charge >= 0.3 is 12.1 Å². The maximum atomic E-state index is 11.9. The largest absolute Gasteiger partial charge is 0.467 e. The summed E-state index contributed by atoms with van der Waals surface area (Å²) in [6.45, 7) is 5.24. The Bertz CT molecular complexity index is 484. The fourth-order valence-corrected chi connectivity index (χ4v) is 2.04. The molecule has 0 aliphatic carbocycles. The van der Waals surface area contributed by atoms with Crippen LogP contribution in [0.25, 0.3) is 0 Å². The summed E-state index contributed by atoms with van der Waals surface area (Å²) < 4.78 is 9.89. The van der Waals surface area contributed by atoms with Gasteiger partial charge in [-0.15, -0.1) is 0 Å². The molecule has 1 amide bonds. The van der Waals surface area contributed by atoms with Crippen molar-refractivity contribution in [2.75, 3.05) is 7.11 Å². The average molecular weight is 311 g/mol. The first-order chi connectivity index (χ1) is 9.74. The molecule has 0 aromatic heterocycles. The first-order valence-electron chi connectivity index (χ1n) is 6.55. The molecule has 6 heteroatoms. The van der Waals surface area contributed by atoms with E-state index in [-0.39, 0.29) is 0 Å². The molecule has 1 N–H and O–H groups in total. The van der Waals surface area contributed by atoms with Crippen LogP contribution in [-0.2, 0) is 14.3 Å². The van der Waals surface area contributed by atoms with E-state index >= 15 is 0 Å². The third-order valence-electron chi connectivity index (χ3n) is 2.58. The molecule has 2 atom stereocenters. The SMILES string of the molecule is COC(=O)[C@@H](NC(=O)OC(C)(C)C)[C@@H](S)c1ccccc1. The van der Waals surface area contributed by atoms with Crippen molar-refractivity contribution in [3.05, 3.63) is 35.9 Å². The third-order valence-corrected chi connectivity index (χ3v) is 3.18. The van der Waals surface area contributed by atoms with Gasteiger partial charge in [-0.1, -0.05) is 30.3 Å². The number of alkyl carbamates (subject to hydrolysis) is 1. The number of nitrogens with one attached hydrogen (secondary N) is 1. The first-order valence-corrected chi connectivity index (χ1v) is 7.06. The molecule has 0 unspecified atom stereocenters. The molecule has 0 saturated carbocycles. The van der Waals surface area contributed by atoms with E-state index in [4.69, 9.17) is 9.47 Å². The number of carbonyl (C=O) groups excluding carboxylic acids is 2. The van der Waals surface area contributed by atoms with Crippen LogP contribution in [0.2, 0.25) is 0 Å². The van der Waals surface area contributed by atoms with Crippen molar-refractivity contribution in [2.45, 2.75) is 37.7 Å². The highest BCUT2D eigenvalue weighted by Crippen LogP contribution is 2.24. The average Bonchev–Trinajstić information content (AvgIpc) is 2.42. The van der Waals surface area contributed by atoms with Gasteiger partial charge in [-0.25, -0.2) is 9.59 Å². The maximum Gasteiger partial charge on any atom is 0.408 e. The Labute approximate surface area is 130 Å². The van der Waals surface area contributed by atoms with Crippen LogP contribution < -0.4 is 5.32 Å². The highest BCUT2D eigenvalue weighted by molar-refractivity contribution is 7.80. The lowest BCUT2D eigenvalue weighted by Crippen LogP contribution is -2.46. The molecule has 1 aromatic rings.